The Morgan fingerprint density at radius 2 is 0.933 bits per heavy atom. The molecule has 0 fully saturated rings. The summed E-state index contributed by atoms with van der Waals surface area (Å²) in [5.41, 5.74) is 1.57. The molecule has 30 heavy (non-hydrogen) atoms. The van der Waals surface area contributed by atoms with Crippen molar-refractivity contribution in [3.8, 4) is 11.5 Å². The molecule has 0 N–H and O–H groups in total. The van der Waals surface area contributed by atoms with Gasteiger partial charge in [0.25, 0.3) is 0 Å². The SMILES string of the molecule is O=Cc1ccc(C=O)c(OCCOCCOCCOc2cc(C=O)ccc2C=O)c1. The zero-order valence-electron chi connectivity index (χ0n) is 16.3. The molecule has 0 aliphatic carbocycles. The van der Waals surface area contributed by atoms with Crippen LogP contribution in [0.15, 0.2) is 36.4 Å². The lowest BCUT2D eigenvalue weighted by Crippen LogP contribution is -2.14. The van der Waals surface area contributed by atoms with E-state index in [2.05, 4.69) is 0 Å². The van der Waals surface area contributed by atoms with Crippen LogP contribution in [-0.4, -0.2) is 64.8 Å². The van der Waals surface area contributed by atoms with Gasteiger partial charge in [0.2, 0.25) is 0 Å². The summed E-state index contributed by atoms with van der Waals surface area (Å²) < 4.78 is 21.7. The van der Waals surface area contributed by atoms with Crippen LogP contribution in [0.3, 0.4) is 0 Å². The normalized spacial score (nSPS) is 10.3. The van der Waals surface area contributed by atoms with Crippen LogP contribution < -0.4 is 9.47 Å². The van der Waals surface area contributed by atoms with E-state index >= 15 is 0 Å². The Labute approximate surface area is 173 Å². The second kappa shape index (κ2) is 13.0. The highest BCUT2D eigenvalue weighted by molar-refractivity contribution is 5.84. The molecule has 0 saturated heterocycles. The van der Waals surface area contributed by atoms with Crippen LogP contribution in [0.1, 0.15) is 41.4 Å². The maximum absolute atomic E-state index is 11.0. The molecule has 2 aromatic rings. The van der Waals surface area contributed by atoms with Gasteiger partial charge in [-0.2, -0.15) is 0 Å². The molecule has 0 spiro atoms. The van der Waals surface area contributed by atoms with Crippen molar-refractivity contribution < 1.29 is 38.1 Å². The molecular weight excluding hydrogens is 392 g/mol. The lowest BCUT2D eigenvalue weighted by Gasteiger charge is -2.11. The number of carbonyl (C=O) groups is 4. The zero-order valence-corrected chi connectivity index (χ0v) is 16.3. The second-order valence-electron chi connectivity index (χ2n) is 5.99. The van der Waals surface area contributed by atoms with E-state index in [1.807, 2.05) is 0 Å². The van der Waals surface area contributed by atoms with Crippen molar-refractivity contribution in [3.05, 3.63) is 58.7 Å². The molecule has 0 aliphatic rings. The van der Waals surface area contributed by atoms with Gasteiger partial charge in [0, 0.05) is 11.1 Å². The minimum absolute atomic E-state index is 0.216. The van der Waals surface area contributed by atoms with E-state index in [1.165, 1.54) is 24.3 Å². The molecule has 2 rings (SSSR count). The fourth-order valence-corrected chi connectivity index (χ4v) is 2.44. The Balaban J connectivity index is 1.58. The first kappa shape index (κ1) is 22.9. The van der Waals surface area contributed by atoms with Gasteiger partial charge in [-0.15, -0.1) is 0 Å². The lowest BCUT2D eigenvalue weighted by atomic mass is 10.1. The topological polar surface area (TPSA) is 105 Å². The predicted octanol–water partition coefficient (Wildman–Crippen LogP) is 2.43. The molecule has 0 radical (unpaired) electrons. The van der Waals surface area contributed by atoms with Crippen LogP contribution in [0.4, 0.5) is 0 Å². The van der Waals surface area contributed by atoms with E-state index in [0.717, 1.165) is 0 Å². The summed E-state index contributed by atoms with van der Waals surface area (Å²) in [5.74, 6) is 0.667. The maximum atomic E-state index is 11.0. The Hall–Kier alpha value is -3.36. The van der Waals surface area contributed by atoms with Crippen molar-refractivity contribution in [2.75, 3.05) is 39.6 Å². The Bertz CT molecular complexity index is 791. The second-order valence-corrected chi connectivity index (χ2v) is 5.99. The first-order valence-corrected chi connectivity index (χ1v) is 9.21. The molecule has 0 heterocycles. The summed E-state index contributed by atoms with van der Waals surface area (Å²) in [6, 6.07) is 9.13. The highest BCUT2D eigenvalue weighted by Gasteiger charge is 2.06. The molecule has 0 bridgehead atoms. The predicted molar refractivity (Wildman–Crippen MR) is 107 cm³/mol. The average Bonchev–Trinajstić information content (AvgIpc) is 2.79. The van der Waals surface area contributed by atoms with Crippen molar-refractivity contribution >= 4 is 25.1 Å². The van der Waals surface area contributed by atoms with Crippen molar-refractivity contribution in [2.24, 2.45) is 0 Å². The van der Waals surface area contributed by atoms with Gasteiger partial charge in [-0.25, -0.2) is 0 Å². The van der Waals surface area contributed by atoms with Crippen LogP contribution in [-0.2, 0) is 9.47 Å². The van der Waals surface area contributed by atoms with Gasteiger partial charge < -0.3 is 18.9 Å². The third-order valence-electron chi connectivity index (χ3n) is 3.94. The largest absolute Gasteiger partial charge is 0.490 e. The molecule has 2 aromatic carbocycles. The fourth-order valence-electron chi connectivity index (χ4n) is 2.44. The Kier molecular flexibility index (Phi) is 9.91. The van der Waals surface area contributed by atoms with Crippen molar-refractivity contribution in [1.29, 1.82) is 0 Å². The van der Waals surface area contributed by atoms with Crippen LogP contribution in [0.25, 0.3) is 0 Å². The third-order valence-corrected chi connectivity index (χ3v) is 3.94. The van der Waals surface area contributed by atoms with E-state index in [0.29, 0.717) is 72.1 Å². The Morgan fingerprint density at radius 3 is 1.30 bits per heavy atom. The summed E-state index contributed by atoms with van der Waals surface area (Å²) in [5, 5.41) is 0. The zero-order chi connectivity index (χ0) is 21.6. The van der Waals surface area contributed by atoms with Gasteiger partial charge in [-0.1, -0.05) is 12.1 Å². The van der Waals surface area contributed by atoms with E-state index in [-0.39, 0.29) is 26.4 Å². The van der Waals surface area contributed by atoms with E-state index < -0.39 is 0 Å². The maximum Gasteiger partial charge on any atom is 0.153 e. The summed E-state index contributed by atoms with van der Waals surface area (Å²) in [7, 11) is 0. The fraction of sp³-hybridized carbons (Fsp3) is 0.273. The van der Waals surface area contributed by atoms with E-state index in [4.69, 9.17) is 18.9 Å². The molecule has 158 valence electrons. The summed E-state index contributed by atoms with van der Waals surface area (Å²) in [4.78, 5) is 43.6. The van der Waals surface area contributed by atoms with Crippen molar-refractivity contribution in [2.45, 2.75) is 0 Å². The van der Waals surface area contributed by atoms with E-state index in [9.17, 15) is 19.2 Å². The number of benzene rings is 2. The van der Waals surface area contributed by atoms with Crippen molar-refractivity contribution in [3.63, 3.8) is 0 Å². The molecule has 8 nitrogen and oxygen atoms in total. The highest BCUT2D eigenvalue weighted by atomic mass is 16.6. The van der Waals surface area contributed by atoms with E-state index in [1.54, 1.807) is 12.1 Å². The summed E-state index contributed by atoms with van der Waals surface area (Å²) in [6.07, 6.45) is 2.68. The monoisotopic (exact) mass is 414 g/mol. The van der Waals surface area contributed by atoms with Gasteiger partial charge in [0.15, 0.2) is 12.6 Å². The third kappa shape index (κ3) is 7.23. The Morgan fingerprint density at radius 1 is 0.533 bits per heavy atom. The molecule has 0 aromatic heterocycles. The standard InChI is InChI=1S/C22H22O8/c23-13-17-1-3-19(15-25)21(11-17)29-9-7-27-5-6-28-8-10-30-22-12-18(14-24)2-4-20(22)16-26/h1-4,11-16H,5-10H2. The number of carbonyl (C=O) groups excluding carboxylic acids is 4. The van der Waals surface area contributed by atoms with Gasteiger partial charge in [-0.05, 0) is 24.3 Å². The minimum atomic E-state index is 0.216. The molecule has 0 aliphatic heterocycles. The molecule has 0 unspecified atom stereocenters. The van der Waals surface area contributed by atoms with Crippen LogP contribution in [0, 0.1) is 0 Å². The minimum Gasteiger partial charge on any atom is -0.490 e. The van der Waals surface area contributed by atoms with Gasteiger partial charge in [0.05, 0.1) is 37.6 Å². The number of aldehydes is 4. The lowest BCUT2D eigenvalue weighted by molar-refractivity contribution is 0.0272. The number of hydrogen-bond donors (Lipinski definition) is 0. The average molecular weight is 414 g/mol. The molecule has 0 amide bonds. The number of ether oxygens (including phenoxy) is 4. The molecule has 8 heteroatoms. The number of rotatable bonds is 15. The summed E-state index contributed by atoms with van der Waals surface area (Å²) >= 11 is 0. The molecule has 0 atom stereocenters. The quantitative estimate of drug-likeness (QED) is 0.323. The van der Waals surface area contributed by atoms with Crippen LogP contribution in [0.5, 0.6) is 11.5 Å². The van der Waals surface area contributed by atoms with Crippen LogP contribution >= 0.6 is 0 Å². The van der Waals surface area contributed by atoms with Gasteiger partial charge in [-0.3, -0.25) is 19.2 Å². The van der Waals surface area contributed by atoms with Crippen LogP contribution in [0.2, 0.25) is 0 Å². The first-order chi connectivity index (χ1) is 14.7. The highest BCUT2D eigenvalue weighted by Crippen LogP contribution is 2.19. The van der Waals surface area contributed by atoms with Gasteiger partial charge in [0.1, 0.15) is 37.3 Å². The number of hydrogen-bond acceptors (Lipinski definition) is 8. The summed E-state index contributed by atoms with van der Waals surface area (Å²) in [6.45, 7) is 1.66. The van der Waals surface area contributed by atoms with Crippen molar-refractivity contribution in [1.82, 2.24) is 0 Å². The first-order valence-electron chi connectivity index (χ1n) is 9.21. The van der Waals surface area contributed by atoms with Gasteiger partial charge >= 0.3 is 0 Å². The molecular formula is C22H22O8. The smallest absolute Gasteiger partial charge is 0.153 e. The molecule has 0 saturated carbocycles.